The Kier molecular flexibility index (Phi) is 5.97. The van der Waals surface area contributed by atoms with Crippen LogP contribution in [0.3, 0.4) is 0 Å². The van der Waals surface area contributed by atoms with Gasteiger partial charge < -0.3 is 16.0 Å². The molecule has 184 valence electrons. The van der Waals surface area contributed by atoms with E-state index in [0.717, 1.165) is 22.5 Å². The van der Waals surface area contributed by atoms with Crippen LogP contribution in [0.4, 0.5) is 24.7 Å². The number of carbonyl (C=O) groups is 1. The number of nitrogens with zero attached hydrogens (tertiary/aromatic N) is 3. The summed E-state index contributed by atoms with van der Waals surface area (Å²) in [5.74, 6) is -0.664. The molecular weight excluding hydrogens is 469 g/mol. The summed E-state index contributed by atoms with van der Waals surface area (Å²) < 4.78 is 43.4. The molecule has 4 N–H and O–H groups in total. The molecule has 0 aliphatic carbocycles. The van der Waals surface area contributed by atoms with Gasteiger partial charge in [-0.3, -0.25) is 9.89 Å². The van der Waals surface area contributed by atoms with Crippen molar-refractivity contribution in [2.24, 2.45) is 5.73 Å². The highest BCUT2D eigenvalue weighted by Crippen LogP contribution is 2.45. The van der Waals surface area contributed by atoms with Gasteiger partial charge in [-0.2, -0.15) is 18.3 Å². The molecular formula is C26H23F3N6O. The molecule has 0 radical (unpaired) electrons. The van der Waals surface area contributed by atoms with E-state index in [4.69, 9.17) is 5.73 Å². The molecule has 4 aromatic rings. The fourth-order valence-electron chi connectivity index (χ4n) is 4.42. The van der Waals surface area contributed by atoms with Gasteiger partial charge in [0.1, 0.15) is 5.82 Å². The van der Waals surface area contributed by atoms with E-state index in [9.17, 15) is 18.0 Å². The molecule has 0 saturated carbocycles. The number of pyridine rings is 1. The largest absolute Gasteiger partial charge is 0.417 e. The molecule has 0 spiro atoms. The molecule has 0 unspecified atom stereocenters. The van der Waals surface area contributed by atoms with Gasteiger partial charge in [-0.25, -0.2) is 4.98 Å². The maximum absolute atomic E-state index is 14.5. The average molecular weight is 493 g/mol. The lowest BCUT2D eigenvalue weighted by Gasteiger charge is -2.26. The first-order valence-corrected chi connectivity index (χ1v) is 11.3. The van der Waals surface area contributed by atoms with Gasteiger partial charge in [-0.1, -0.05) is 6.08 Å². The molecule has 5 rings (SSSR count). The van der Waals surface area contributed by atoms with Crippen molar-refractivity contribution < 1.29 is 18.0 Å². The number of fused-ring (bicyclic) bond motifs is 1. The lowest BCUT2D eigenvalue weighted by Crippen LogP contribution is -2.24. The van der Waals surface area contributed by atoms with Gasteiger partial charge in [-0.15, -0.1) is 0 Å². The number of carbonyl (C=O) groups excluding carboxylic acids is 1. The number of alkyl halides is 3. The van der Waals surface area contributed by atoms with E-state index >= 15 is 0 Å². The van der Waals surface area contributed by atoms with Crippen LogP contribution in [-0.2, 0) is 6.18 Å². The van der Waals surface area contributed by atoms with Gasteiger partial charge >= 0.3 is 6.18 Å². The fraction of sp³-hybridized carbons (Fsp3) is 0.192. The molecule has 10 heteroatoms. The Bertz CT molecular complexity index is 1490. The first kappa shape index (κ1) is 23.6. The highest BCUT2D eigenvalue weighted by atomic mass is 19.4. The van der Waals surface area contributed by atoms with Crippen molar-refractivity contribution in [3.8, 4) is 11.1 Å². The maximum atomic E-state index is 14.5. The molecule has 0 atom stereocenters. The van der Waals surface area contributed by atoms with Crippen LogP contribution in [0.25, 0.3) is 27.6 Å². The van der Waals surface area contributed by atoms with Gasteiger partial charge in [0.05, 0.1) is 17.3 Å². The summed E-state index contributed by atoms with van der Waals surface area (Å²) in [7, 11) is 1.94. The van der Waals surface area contributed by atoms with Crippen molar-refractivity contribution in [2.75, 3.05) is 25.5 Å². The van der Waals surface area contributed by atoms with E-state index in [1.807, 2.05) is 25.3 Å². The summed E-state index contributed by atoms with van der Waals surface area (Å²) in [4.78, 5) is 18.4. The van der Waals surface area contributed by atoms with Crippen molar-refractivity contribution in [2.45, 2.75) is 12.6 Å². The zero-order valence-corrected chi connectivity index (χ0v) is 19.4. The van der Waals surface area contributed by atoms with Crippen LogP contribution in [-0.4, -0.2) is 46.1 Å². The summed E-state index contributed by atoms with van der Waals surface area (Å²) in [5.41, 5.74) is 6.99. The van der Waals surface area contributed by atoms with E-state index in [-0.39, 0.29) is 22.5 Å². The Labute approximate surface area is 204 Å². The molecule has 2 aromatic carbocycles. The van der Waals surface area contributed by atoms with Crippen LogP contribution in [0, 0.1) is 0 Å². The minimum Gasteiger partial charge on any atom is -0.366 e. The smallest absolute Gasteiger partial charge is 0.366 e. The summed E-state index contributed by atoms with van der Waals surface area (Å²) in [6.07, 6.45) is 0.887. The Morgan fingerprint density at radius 2 is 2.00 bits per heavy atom. The number of anilines is 2. The van der Waals surface area contributed by atoms with Crippen molar-refractivity contribution in [1.29, 1.82) is 0 Å². The summed E-state index contributed by atoms with van der Waals surface area (Å²) in [6.45, 7) is 1.26. The highest BCUT2D eigenvalue weighted by Gasteiger charge is 2.37. The second kappa shape index (κ2) is 9.12. The van der Waals surface area contributed by atoms with E-state index in [1.54, 1.807) is 24.4 Å². The summed E-state index contributed by atoms with van der Waals surface area (Å²) >= 11 is 0. The number of primary amides is 1. The van der Waals surface area contributed by atoms with Crippen molar-refractivity contribution in [3.05, 3.63) is 77.6 Å². The average Bonchev–Trinajstić information content (AvgIpc) is 3.31. The standard InChI is InChI=1S/C26H23F3N6O/c1-35-9-6-15(7-10-35)20-11-17(24(30)36)12-21(26(27,28)29)23(20)19-3-2-8-31-25(19)33-18-5-4-16-14-32-34-22(16)13-18/h2-6,8,11-14H,7,9-10H2,1H3,(H2,30,36)(H,31,33)(H,32,34). The second-order valence-corrected chi connectivity index (χ2v) is 8.75. The van der Waals surface area contributed by atoms with Crippen LogP contribution in [0.5, 0.6) is 0 Å². The third-order valence-corrected chi connectivity index (χ3v) is 6.27. The van der Waals surface area contributed by atoms with E-state index in [1.165, 1.54) is 12.3 Å². The number of hydrogen-bond donors (Lipinski definition) is 3. The van der Waals surface area contributed by atoms with Gasteiger partial charge in [0.2, 0.25) is 5.91 Å². The van der Waals surface area contributed by atoms with Crippen molar-refractivity contribution in [3.63, 3.8) is 0 Å². The molecule has 0 fully saturated rings. The van der Waals surface area contributed by atoms with Gasteiger partial charge in [0, 0.05) is 47.1 Å². The number of halogens is 3. The van der Waals surface area contributed by atoms with E-state index in [2.05, 4.69) is 25.4 Å². The normalized spacial score (nSPS) is 14.6. The number of benzene rings is 2. The molecule has 1 aliphatic heterocycles. The number of aromatic nitrogens is 3. The molecule has 3 heterocycles. The van der Waals surface area contributed by atoms with Gasteiger partial charge in [0.25, 0.3) is 0 Å². The third kappa shape index (κ3) is 4.55. The number of amides is 1. The number of nitrogens with two attached hydrogens (primary N) is 1. The second-order valence-electron chi connectivity index (χ2n) is 8.75. The first-order valence-electron chi connectivity index (χ1n) is 11.3. The molecule has 36 heavy (non-hydrogen) atoms. The predicted molar refractivity (Wildman–Crippen MR) is 133 cm³/mol. The summed E-state index contributed by atoms with van der Waals surface area (Å²) in [6, 6.07) is 10.9. The minimum absolute atomic E-state index is 0.0403. The quantitative estimate of drug-likeness (QED) is 0.355. The number of likely N-dealkylation sites (N-methyl/N-ethyl adjacent to an activating group) is 1. The minimum atomic E-state index is -4.73. The SMILES string of the molecule is CN1CC=C(c2cc(C(N)=O)cc(C(F)(F)F)c2-c2cccnc2Nc2ccc3cn[nH]c3c2)CC1. The molecule has 1 aliphatic rings. The maximum Gasteiger partial charge on any atom is 0.417 e. The monoisotopic (exact) mass is 492 g/mol. The molecule has 1 amide bonds. The van der Waals surface area contributed by atoms with Crippen LogP contribution in [0.2, 0.25) is 0 Å². The number of hydrogen-bond acceptors (Lipinski definition) is 5. The Morgan fingerprint density at radius 3 is 2.72 bits per heavy atom. The number of nitrogens with one attached hydrogen (secondary N) is 2. The lowest BCUT2D eigenvalue weighted by atomic mass is 9.86. The van der Waals surface area contributed by atoms with Gasteiger partial charge in [0.15, 0.2) is 0 Å². The topological polar surface area (TPSA) is 99.9 Å². The zero-order chi connectivity index (χ0) is 25.4. The van der Waals surface area contributed by atoms with E-state index in [0.29, 0.717) is 30.8 Å². The van der Waals surface area contributed by atoms with E-state index < -0.39 is 17.6 Å². The Morgan fingerprint density at radius 1 is 1.17 bits per heavy atom. The van der Waals surface area contributed by atoms with Crippen LogP contribution in [0.15, 0.2) is 60.9 Å². The molecule has 7 nitrogen and oxygen atoms in total. The zero-order valence-electron chi connectivity index (χ0n) is 19.4. The highest BCUT2D eigenvalue weighted by molar-refractivity contribution is 5.98. The molecule has 0 saturated heterocycles. The molecule has 0 bridgehead atoms. The first-order chi connectivity index (χ1) is 17.2. The number of aromatic amines is 1. The Hall–Kier alpha value is -4.18. The third-order valence-electron chi connectivity index (χ3n) is 6.27. The van der Waals surface area contributed by atoms with Crippen molar-refractivity contribution >= 4 is 33.9 Å². The van der Waals surface area contributed by atoms with Crippen LogP contribution >= 0.6 is 0 Å². The summed E-state index contributed by atoms with van der Waals surface area (Å²) in [5, 5.41) is 10.9. The lowest BCUT2D eigenvalue weighted by molar-refractivity contribution is -0.137. The Balaban J connectivity index is 1.72. The number of rotatable bonds is 5. The predicted octanol–water partition coefficient (Wildman–Crippen LogP) is 5.21. The van der Waals surface area contributed by atoms with Crippen molar-refractivity contribution in [1.82, 2.24) is 20.1 Å². The van der Waals surface area contributed by atoms with Crippen LogP contribution in [0.1, 0.15) is 27.9 Å². The number of H-pyrrole nitrogens is 1. The van der Waals surface area contributed by atoms with Crippen LogP contribution < -0.4 is 11.1 Å². The fourth-order valence-corrected chi connectivity index (χ4v) is 4.42. The molecule has 2 aromatic heterocycles. The van der Waals surface area contributed by atoms with Gasteiger partial charge in [-0.05, 0) is 67.1 Å².